The molecule has 0 saturated heterocycles. The van der Waals surface area contributed by atoms with Gasteiger partial charge in [-0.15, -0.1) is 0 Å². The van der Waals surface area contributed by atoms with E-state index in [1.54, 1.807) is 22.6 Å². The summed E-state index contributed by atoms with van der Waals surface area (Å²) >= 11 is 1.73. The number of nitro benzene ring substituents is 1. The van der Waals surface area contributed by atoms with E-state index in [0.717, 1.165) is 12.8 Å². The third-order valence-corrected chi connectivity index (χ3v) is 4.12. The van der Waals surface area contributed by atoms with Crippen LogP contribution in [0, 0.1) is 19.5 Å². The highest BCUT2D eigenvalue weighted by atomic mass is 127. The fourth-order valence-corrected chi connectivity index (χ4v) is 2.69. The Morgan fingerprint density at radius 1 is 1.37 bits per heavy atom. The minimum atomic E-state index is -0.512. The Morgan fingerprint density at radius 3 is 2.58 bits per heavy atom. The van der Waals surface area contributed by atoms with E-state index in [1.807, 2.05) is 0 Å². The maximum Gasteiger partial charge on any atom is 0.293 e. The molecule has 2 rings (SSSR count). The van der Waals surface area contributed by atoms with Gasteiger partial charge >= 0.3 is 0 Å². The monoisotopic (exact) mass is 380 g/mol. The van der Waals surface area contributed by atoms with Gasteiger partial charge in [-0.1, -0.05) is 0 Å². The number of nitrogens with one attached hydrogen (secondary N) is 1. The molecule has 1 aliphatic rings. The van der Waals surface area contributed by atoms with Crippen molar-refractivity contribution in [2.75, 3.05) is 5.32 Å². The largest absolute Gasteiger partial charge is 0.393 e. The second-order valence-electron chi connectivity index (χ2n) is 4.69. The minimum Gasteiger partial charge on any atom is -0.393 e. The number of benzene rings is 1. The lowest BCUT2D eigenvalue weighted by molar-refractivity contribution is -0.384. The summed E-state index contributed by atoms with van der Waals surface area (Å²) in [5, 5.41) is 23.4. The summed E-state index contributed by atoms with van der Waals surface area (Å²) in [7, 11) is 0. The molecular formula is C12H14FIN2O3. The van der Waals surface area contributed by atoms with Gasteiger partial charge in [0.1, 0.15) is 11.5 Å². The number of hydrogen-bond donors (Lipinski definition) is 2. The van der Waals surface area contributed by atoms with E-state index < -0.39 is 10.7 Å². The van der Waals surface area contributed by atoms with Crippen LogP contribution in [-0.4, -0.2) is 22.2 Å². The van der Waals surface area contributed by atoms with Crippen LogP contribution in [0.25, 0.3) is 0 Å². The molecule has 1 aromatic rings. The van der Waals surface area contributed by atoms with Crippen molar-refractivity contribution in [3.05, 3.63) is 31.6 Å². The van der Waals surface area contributed by atoms with Crippen molar-refractivity contribution in [3.63, 3.8) is 0 Å². The van der Waals surface area contributed by atoms with Crippen LogP contribution >= 0.6 is 22.6 Å². The zero-order valence-electron chi connectivity index (χ0n) is 10.1. The topological polar surface area (TPSA) is 75.4 Å². The van der Waals surface area contributed by atoms with Gasteiger partial charge in [0, 0.05) is 18.2 Å². The van der Waals surface area contributed by atoms with Gasteiger partial charge < -0.3 is 10.4 Å². The lowest BCUT2D eigenvalue weighted by atomic mass is 9.93. The Bertz CT molecular complexity index is 490. The highest BCUT2D eigenvalue weighted by Crippen LogP contribution is 2.31. The van der Waals surface area contributed by atoms with Crippen LogP contribution in [0.5, 0.6) is 0 Å². The second kappa shape index (κ2) is 6.00. The zero-order chi connectivity index (χ0) is 14.0. The predicted molar refractivity (Wildman–Crippen MR) is 77.7 cm³/mol. The van der Waals surface area contributed by atoms with E-state index in [4.69, 9.17) is 0 Å². The van der Waals surface area contributed by atoms with Crippen LogP contribution in [0.3, 0.4) is 0 Å². The molecule has 19 heavy (non-hydrogen) atoms. The number of anilines is 1. The normalized spacial score (nSPS) is 23.1. The standard InChI is InChI=1S/C12H14FIN2O3/c13-9-5-11(12(16(18)19)6-10(9)14)15-7-1-3-8(17)4-2-7/h5-8,15,17H,1-4H2. The van der Waals surface area contributed by atoms with Crippen molar-refractivity contribution in [3.8, 4) is 0 Å². The first-order valence-electron chi connectivity index (χ1n) is 6.05. The third-order valence-electron chi connectivity index (χ3n) is 3.29. The van der Waals surface area contributed by atoms with Gasteiger partial charge in [0.2, 0.25) is 0 Å². The van der Waals surface area contributed by atoms with E-state index in [-0.39, 0.29) is 27.1 Å². The molecule has 1 aromatic carbocycles. The van der Waals surface area contributed by atoms with Gasteiger partial charge in [0.15, 0.2) is 0 Å². The first-order chi connectivity index (χ1) is 8.97. The molecule has 0 bridgehead atoms. The molecule has 1 aliphatic carbocycles. The third kappa shape index (κ3) is 3.53. The molecule has 0 amide bonds. The van der Waals surface area contributed by atoms with Gasteiger partial charge in [-0.05, 0) is 48.3 Å². The first kappa shape index (κ1) is 14.4. The summed E-state index contributed by atoms with van der Waals surface area (Å²) in [6.45, 7) is 0. The molecule has 0 radical (unpaired) electrons. The summed E-state index contributed by atoms with van der Waals surface area (Å²) in [5.41, 5.74) is 0.0984. The van der Waals surface area contributed by atoms with Crippen LogP contribution in [0.4, 0.5) is 15.8 Å². The second-order valence-corrected chi connectivity index (χ2v) is 5.85. The lowest BCUT2D eigenvalue weighted by Crippen LogP contribution is -2.28. The smallest absolute Gasteiger partial charge is 0.293 e. The number of hydrogen-bond acceptors (Lipinski definition) is 4. The molecule has 1 fully saturated rings. The van der Waals surface area contributed by atoms with Gasteiger partial charge in [-0.3, -0.25) is 10.1 Å². The lowest BCUT2D eigenvalue weighted by Gasteiger charge is -2.26. The molecule has 5 nitrogen and oxygen atoms in total. The minimum absolute atomic E-state index is 0.0431. The number of rotatable bonds is 3. The summed E-state index contributed by atoms with van der Waals surface area (Å²) in [6, 6.07) is 2.45. The Kier molecular flexibility index (Phi) is 4.56. The number of aliphatic hydroxyl groups is 1. The van der Waals surface area contributed by atoms with Crippen LogP contribution in [0.2, 0.25) is 0 Å². The maximum absolute atomic E-state index is 13.5. The van der Waals surface area contributed by atoms with Crippen molar-refractivity contribution >= 4 is 34.0 Å². The van der Waals surface area contributed by atoms with E-state index in [1.165, 1.54) is 12.1 Å². The maximum atomic E-state index is 13.5. The first-order valence-corrected chi connectivity index (χ1v) is 7.13. The number of nitrogens with zero attached hydrogens (tertiary/aromatic N) is 1. The molecule has 0 spiro atoms. The Hall–Kier alpha value is -0.960. The van der Waals surface area contributed by atoms with Crippen LogP contribution in [-0.2, 0) is 0 Å². The average molecular weight is 380 g/mol. The van der Waals surface area contributed by atoms with Crippen molar-refractivity contribution in [2.45, 2.75) is 37.8 Å². The molecule has 0 aliphatic heterocycles. The van der Waals surface area contributed by atoms with Crippen LogP contribution in [0.15, 0.2) is 12.1 Å². The number of nitro groups is 1. The summed E-state index contributed by atoms with van der Waals surface area (Å²) in [6.07, 6.45) is 2.50. The molecule has 0 atom stereocenters. The van der Waals surface area contributed by atoms with Crippen molar-refractivity contribution < 1.29 is 14.4 Å². The van der Waals surface area contributed by atoms with Crippen LogP contribution < -0.4 is 5.32 Å². The van der Waals surface area contributed by atoms with E-state index in [2.05, 4.69) is 5.32 Å². The summed E-state index contributed by atoms with van der Waals surface area (Å²) in [4.78, 5) is 10.5. The van der Waals surface area contributed by atoms with Gasteiger partial charge in [0.05, 0.1) is 14.6 Å². The summed E-state index contributed by atoms with van der Waals surface area (Å²) in [5.74, 6) is -0.468. The van der Waals surface area contributed by atoms with Crippen molar-refractivity contribution in [1.82, 2.24) is 0 Å². The van der Waals surface area contributed by atoms with E-state index in [9.17, 15) is 19.6 Å². The molecular weight excluding hydrogens is 366 g/mol. The number of halogens is 2. The van der Waals surface area contributed by atoms with E-state index in [0.29, 0.717) is 12.8 Å². The molecule has 0 unspecified atom stereocenters. The molecule has 0 heterocycles. The number of aliphatic hydroxyl groups excluding tert-OH is 1. The highest BCUT2D eigenvalue weighted by Gasteiger charge is 2.23. The van der Waals surface area contributed by atoms with Gasteiger partial charge in [-0.2, -0.15) is 0 Å². The fraction of sp³-hybridized carbons (Fsp3) is 0.500. The Morgan fingerprint density at radius 2 is 2.00 bits per heavy atom. The SMILES string of the molecule is O=[N+]([O-])c1cc(I)c(F)cc1NC1CCC(O)CC1. The average Bonchev–Trinajstić information content (AvgIpc) is 2.36. The van der Waals surface area contributed by atoms with Crippen LogP contribution in [0.1, 0.15) is 25.7 Å². The molecule has 0 aromatic heterocycles. The molecule has 1 saturated carbocycles. The van der Waals surface area contributed by atoms with Crippen molar-refractivity contribution in [2.24, 2.45) is 0 Å². The predicted octanol–water partition coefficient (Wildman–Crippen LogP) is 3.05. The zero-order valence-corrected chi connectivity index (χ0v) is 12.3. The molecule has 7 heteroatoms. The highest BCUT2D eigenvalue weighted by molar-refractivity contribution is 14.1. The molecule has 2 N–H and O–H groups in total. The fourth-order valence-electron chi connectivity index (χ4n) is 2.24. The Labute approximate surface area is 123 Å². The summed E-state index contributed by atoms with van der Waals surface area (Å²) < 4.78 is 13.8. The Balaban J connectivity index is 2.19. The van der Waals surface area contributed by atoms with Crippen molar-refractivity contribution in [1.29, 1.82) is 0 Å². The molecule has 104 valence electrons. The quantitative estimate of drug-likeness (QED) is 0.480. The van der Waals surface area contributed by atoms with E-state index >= 15 is 0 Å². The van der Waals surface area contributed by atoms with Gasteiger partial charge in [-0.25, -0.2) is 4.39 Å². The van der Waals surface area contributed by atoms with Gasteiger partial charge in [0.25, 0.3) is 5.69 Å².